The predicted octanol–water partition coefficient (Wildman–Crippen LogP) is 7.14. The number of aromatic nitrogens is 4. The van der Waals surface area contributed by atoms with Crippen LogP contribution in [0, 0.1) is 62.1 Å². The zero-order valence-electron chi connectivity index (χ0n) is 33.5. The number of hydrogen-bond donors (Lipinski definition) is 2. The second kappa shape index (κ2) is 12.0. The molecule has 282 valence electrons. The van der Waals surface area contributed by atoms with E-state index in [1.54, 1.807) is 4.80 Å². The van der Waals surface area contributed by atoms with Gasteiger partial charge in [-0.1, -0.05) is 86.0 Å². The van der Waals surface area contributed by atoms with Gasteiger partial charge in [-0.15, -0.1) is 5.10 Å². The molecule has 1 aromatic heterocycles. The SMILES string of the molecule is CC(C)[C@@H](C)[C@@]1(C)CC[C@]2(C)[C@H]3CC[C@@H]4[C@@]5(C)COC[C@@]4(C3=CC[C@@]2(C)[C@@H]1C(=O)O)[C@@H](OC[C@@](C)(N(C)C)C(C)(C)C)[C@H](n1nnc(N)n1)C5. The summed E-state index contributed by atoms with van der Waals surface area (Å²) >= 11 is 0. The molecule has 5 aliphatic rings. The summed E-state index contributed by atoms with van der Waals surface area (Å²) in [5, 5.41) is 24.4. The third-order valence-electron chi connectivity index (χ3n) is 16.9. The number of carbonyl (C=O) groups is 1. The molecular formula is C40H68N6O4. The van der Waals surface area contributed by atoms with Gasteiger partial charge in [0.05, 0.1) is 31.8 Å². The van der Waals surface area contributed by atoms with Gasteiger partial charge >= 0.3 is 5.97 Å². The van der Waals surface area contributed by atoms with Gasteiger partial charge in [0, 0.05) is 11.0 Å². The summed E-state index contributed by atoms with van der Waals surface area (Å²) in [6.07, 6.45) is 7.83. The van der Waals surface area contributed by atoms with Crippen LogP contribution in [-0.4, -0.2) is 81.7 Å². The van der Waals surface area contributed by atoms with E-state index in [4.69, 9.17) is 15.2 Å². The second-order valence-corrected chi connectivity index (χ2v) is 20.3. The summed E-state index contributed by atoms with van der Waals surface area (Å²) in [6, 6.07) is -0.176. The van der Waals surface area contributed by atoms with E-state index in [9.17, 15) is 9.90 Å². The highest BCUT2D eigenvalue weighted by Gasteiger charge is 2.73. The molecular weight excluding hydrogens is 628 g/mol. The van der Waals surface area contributed by atoms with E-state index in [0.29, 0.717) is 37.6 Å². The van der Waals surface area contributed by atoms with Crippen LogP contribution in [-0.2, 0) is 14.3 Å². The predicted molar refractivity (Wildman–Crippen MR) is 196 cm³/mol. The fraction of sp³-hybridized carbons (Fsp3) is 0.900. The van der Waals surface area contributed by atoms with Crippen molar-refractivity contribution in [2.45, 2.75) is 132 Å². The van der Waals surface area contributed by atoms with Crippen LogP contribution < -0.4 is 5.73 Å². The number of carboxylic acids is 1. The number of fused-ring (bicyclic) bond motifs is 3. The lowest BCUT2D eigenvalue weighted by molar-refractivity contribution is -0.259. The topological polar surface area (TPSA) is 129 Å². The molecule has 0 spiro atoms. The first-order valence-electron chi connectivity index (χ1n) is 19.4. The van der Waals surface area contributed by atoms with Crippen LogP contribution >= 0.6 is 0 Å². The van der Waals surface area contributed by atoms with Crippen molar-refractivity contribution in [1.82, 2.24) is 25.1 Å². The smallest absolute Gasteiger partial charge is 0.307 e. The van der Waals surface area contributed by atoms with Crippen LogP contribution in [0.3, 0.4) is 0 Å². The van der Waals surface area contributed by atoms with Gasteiger partial charge in [-0.05, 0) is 116 Å². The Morgan fingerprint density at radius 3 is 2.34 bits per heavy atom. The minimum absolute atomic E-state index is 0.0620. The second-order valence-electron chi connectivity index (χ2n) is 20.3. The summed E-state index contributed by atoms with van der Waals surface area (Å²) in [6.45, 7) is 27.2. The van der Waals surface area contributed by atoms with E-state index in [0.717, 1.165) is 38.5 Å². The normalized spacial score (nSPS) is 43.3. The van der Waals surface area contributed by atoms with E-state index in [2.05, 4.69) is 117 Å². The minimum Gasteiger partial charge on any atom is -0.481 e. The first-order valence-corrected chi connectivity index (χ1v) is 19.4. The Kier molecular flexibility index (Phi) is 9.04. The number of carboxylic acid groups (broad SMARTS) is 1. The Labute approximate surface area is 301 Å². The first kappa shape index (κ1) is 37.7. The lowest BCUT2D eigenvalue weighted by Crippen LogP contribution is -2.70. The number of nitrogen functional groups attached to an aromatic ring is 1. The molecule has 0 amide bonds. The van der Waals surface area contributed by atoms with Crippen molar-refractivity contribution in [3.8, 4) is 0 Å². The molecule has 6 rings (SSSR count). The van der Waals surface area contributed by atoms with Gasteiger partial charge in [0.25, 0.3) is 5.95 Å². The van der Waals surface area contributed by atoms with Gasteiger partial charge in [0.1, 0.15) is 6.04 Å². The van der Waals surface area contributed by atoms with E-state index in [1.807, 2.05) is 0 Å². The van der Waals surface area contributed by atoms with Crippen LogP contribution in [0.2, 0.25) is 0 Å². The van der Waals surface area contributed by atoms with Crippen molar-refractivity contribution in [3.05, 3.63) is 11.6 Å². The Morgan fingerprint density at radius 1 is 1.10 bits per heavy atom. The largest absolute Gasteiger partial charge is 0.481 e. The number of aliphatic carboxylic acids is 1. The Hall–Kier alpha value is -2.04. The van der Waals surface area contributed by atoms with Crippen LogP contribution in [0.1, 0.15) is 121 Å². The van der Waals surface area contributed by atoms with Crippen molar-refractivity contribution < 1.29 is 19.4 Å². The number of likely N-dealkylation sites (N-methyl/N-ethyl adjacent to an activating group) is 1. The highest BCUT2D eigenvalue weighted by molar-refractivity contribution is 5.73. The molecule has 4 fully saturated rings. The van der Waals surface area contributed by atoms with Gasteiger partial charge < -0.3 is 25.2 Å². The number of allylic oxidation sites excluding steroid dienone is 1. The number of nitrogens with zero attached hydrogens (tertiary/aromatic N) is 5. The van der Waals surface area contributed by atoms with Crippen LogP contribution in [0.5, 0.6) is 0 Å². The Bertz CT molecular complexity index is 1500. The molecule has 0 unspecified atom stereocenters. The average Bonchev–Trinajstić information content (AvgIpc) is 3.45. The Morgan fingerprint density at radius 2 is 1.78 bits per heavy atom. The van der Waals surface area contributed by atoms with Crippen molar-refractivity contribution in [2.75, 3.05) is 39.6 Å². The summed E-state index contributed by atoms with van der Waals surface area (Å²) in [7, 11) is 4.29. The van der Waals surface area contributed by atoms with Gasteiger partial charge in [-0.25, -0.2) is 0 Å². The van der Waals surface area contributed by atoms with E-state index in [-0.39, 0.29) is 51.2 Å². The summed E-state index contributed by atoms with van der Waals surface area (Å²) < 4.78 is 14.2. The molecule has 1 aromatic rings. The lowest BCUT2D eigenvalue weighted by atomic mass is 9.34. The standard InChI is InChI=1S/C40H68N6O4/c1-24(2)25(3)36(8)18-19-37(9)26-14-15-29-35(7)20-28(46-43-33(41)42-44-46)31(50-22-39(11,45(12)13)34(4,5)6)40(29,23-49-21-35)27(26)16-17-38(37,10)30(36)32(47)48/h16,24-26,28-31H,14-15,17-23H2,1-13H3,(H2,41,43)(H,47,48)/t25-,26+,28-,29-,30-,31+,35-,36-,37-,38+,39-,40+/m1/s1. The molecule has 1 aliphatic heterocycles. The van der Waals surface area contributed by atoms with E-state index < -0.39 is 22.7 Å². The molecule has 10 heteroatoms. The molecule has 10 nitrogen and oxygen atoms in total. The Balaban J connectivity index is 1.52. The minimum atomic E-state index is -0.635. The van der Waals surface area contributed by atoms with Crippen molar-refractivity contribution in [2.24, 2.45) is 62.1 Å². The molecule has 3 N–H and O–H groups in total. The van der Waals surface area contributed by atoms with Gasteiger partial charge in [0.2, 0.25) is 0 Å². The molecule has 1 saturated heterocycles. The summed E-state index contributed by atoms with van der Waals surface area (Å²) in [5.74, 6) is 0.388. The summed E-state index contributed by atoms with van der Waals surface area (Å²) in [4.78, 5) is 17.6. The zero-order chi connectivity index (χ0) is 37.0. The average molecular weight is 697 g/mol. The number of rotatable bonds is 8. The quantitative estimate of drug-likeness (QED) is 0.273. The third-order valence-corrected chi connectivity index (χ3v) is 16.9. The number of anilines is 1. The molecule has 2 heterocycles. The maximum Gasteiger partial charge on any atom is 0.307 e. The van der Waals surface area contributed by atoms with Crippen LogP contribution in [0.15, 0.2) is 11.6 Å². The number of hydrogen-bond acceptors (Lipinski definition) is 8. The van der Waals surface area contributed by atoms with E-state index in [1.165, 1.54) is 5.57 Å². The maximum absolute atomic E-state index is 13.6. The fourth-order valence-corrected chi connectivity index (χ4v) is 12.7. The highest BCUT2D eigenvalue weighted by Crippen LogP contribution is 2.75. The first-order chi connectivity index (χ1) is 23.0. The highest BCUT2D eigenvalue weighted by atomic mass is 16.5. The number of ether oxygens (including phenoxy) is 2. The van der Waals surface area contributed by atoms with Crippen molar-refractivity contribution in [3.63, 3.8) is 0 Å². The monoisotopic (exact) mass is 697 g/mol. The number of tetrazole rings is 1. The maximum atomic E-state index is 13.6. The molecule has 0 radical (unpaired) electrons. The van der Waals surface area contributed by atoms with Crippen molar-refractivity contribution >= 4 is 11.9 Å². The van der Waals surface area contributed by atoms with Crippen LogP contribution in [0.25, 0.3) is 0 Å². The summed E-state index contributed by atoms with van der Waals surface area (Å²) in [5.41, 5.74) is 5.83. The van der Waals surface area contributed by atoms with Crippen LogP contribution in [0.4, 0.5) is 5.95 Å². The van der Waals surface area contributed by atoms with Gasteiger partial charge in [-0.2, -0.15) is 4.80 Å². The molecule has 0 aromatic carbocycles. The molecule has 12 atom stereocenters. The fourth-order valence-electron chi connectivity index (χ4n) is 12.7. The van der Waals surface area contributed by atoms with E-state index >= 15 is 0 Å². The lowest BCUT2D eigenvalue weighted by Gasteiger charge is -2.71. The third kappa shape index (κ3) is 5.03. The molecule has 2 bridgehead atoms. The number of nitrogens with two attached hydrogens (primary N) is 1. The zero-order valence-corrected chi connectivity index (χ0v) is 33.5. The van der Waals surface area contributed by atoms with Crippen molar-refractivity contribution in [1.29, 1.82) is 0 Å². The molecule has 3 saturated carbocycles. The van der Waals surface area contributed by atoms with Gasteiger partial charge in [0.15, 0.2) is 0 Å². The molecule has 50 heavy (non-hydrogen) atoms. The molecule has 4 aliphatic carbocycles. The van der Waals surface area contributed by atoms with Gasteiger partial charge in [-0.3, -0.25) is 4.79 Å².